The van der Waals surface area contributed by atoms with Gasteiger partial charge >= 0.3 is 0 Å². The maximum Gasteiger partial charge on any atom is 0.273 e. The summed E-state index contributed by atoms with van der Waals surface area (Å²) in [5, 5.41) is 13.9. The fourth-order valence-corrected chi connectivity index (χ4v) is 2.81. The van der Waals surface area contributed by atoms with Crippen LogP contribution in [-0.2, 0) is 11.3 Å². The van der Waals surface area contributed by atoms with Crippen LogP contribution in [0.1, 0.15) is 21.7 Å². The van der Waals surface area contributed by atoms with Crippen LogP contribution in [0.5, 0.6) is 0 Å². The standard InChI is InChI=1S/C21H19N3O5/c1-15-9-10-16(12-19(15)24(27)28)21(26)23(13-18-8-5-11-29-18)14-20(25)22-17-6-3-2-4-7-17/h2-12H,13-14H2,1H3,(H,22,25). The maximum atomic E-state index is 13.0. The summed E-state index contributed by atoms with van der Waals surface area (Å²) in [4.78, 5) is 37.5. The van der Waals surface area contributed by atoms with E-state index in [0.717, 1.165) is 0 Å². The Kier molecular flexibility index (Phi) is 6.03. The summed E-state index contributed by atoms with van der Waals surface area (Å²) in [6.07, 6.45) is 1.47. The predicted octanol–water partition coefficient (Wildman–Crippen LogP) is 3.78. The van der Waals surface area contributed by atoms with Crippen LogP contribution in [0.2, 0.25) is 0 Å². The summed E-state index contributed by atoms with van der Waals surface area (Å²) in [7, 11) is 0. The number of amides is 2. The fourth-order valence-electron chi connectivity index (χ4n) is 2.81. The van der Waals surface area contributed by atoms with Gasteiger partial charge in [-0.15, -0.1) is 0 Å². The highest BCUT2D eigenvalue weighted by Gasteiger charge is 2.23. The normalized spacial score (nSPS) is 10.4. The average Bonchev–Trinajstić information content (AvgIpc) is 3.21. The Labute approximate surface area is 166 Å². The van der Waals surface area contributed by atoms with Crippen LogP contribution in [0.25, 0.3) is 0 Å². The van der Waals surface area contributed by atoms with Crippen LogP contribution in [0.4, 0.5) is 11.4 Å². The van der Waals surface area contributed by atoms with E-state index in [9.17, 15) is 19.7 Å². The number of rotatable bonds is 7. The summed E-state index contributed by atoms with van der Waals surface area (Å²) in [6.45, 7) is 1.41. The van der Waals surface area contributed by atoms with Gasteiger partial charge in [-0.2, -0.15) is 0 Å². The lowest BCUT2D eigenvalue weighted by molar-refractivity contribution is -0.385. The molecule has 2 amide bonds. The number of anilines is 1. The number of para-hydroxylation sites is 1. The lowest BCUT2D eigenvalue weighted by Crippen LogP contribution is -2.37. The molecule has 0 bridgehead atoms. The van der Waals surface area contributed by atoms with Crippen molar-refractivity contribution in [1.29, 1.82) is 0 Å². The molecule has 0 aliphatic carbocycles. The van der Waals surface area contributed by atoms with Gasteiger partial charge in [-0.1, -0.05) is 24.3 Å². The molecular formula is C21H19N3O5. The second kappa shape index (κ2) is 8.83. The minimum atomic E-state index is -0.537. The van der Waals surface area contributed by atoms with E-state index in [-0.39, 0.29) is 24.3 Å². The Morgan fingerprint density at radius 1 is 1.10 bits per heavy atom. The number of hydrogen-bond donors (Lipinski definition) is 1. The summed E-state index contributed by atoms with van der Waals surface area (Å²) in [5.41, 5.74) is 1.03. The highest BCUT2D eigenvalue weighted by Crippen LogP contribution is 2.21. The number of nitro groups is 1. The Morgan fingerprint density at radius 2 is 1.86 bits per heavy atom. The molecule has 1 N–H and O–H groups in total. The van der Waals surface area contributed by atoms with E-state index in [2.05, 4.69) is 5.32 Å². The third kappa shape index (κ3) is 5.07. The van der Waals surface area contributed by atoms with Gasteiger partial charge in [0, 0.05) is 22.9 Å². The van der Waals surface area contributed by atoms with E-state index in [1.165, 1.54) is 29.4 Å². The molecule has 0 unspecified atom stereocenters. The molecule has 0 aliphatic heterocycles. The Hall–Kier alpha value is -3.94. The topological polar surface area (TPSA) is 106 Å². The Balaban J connectivity index is 1.83. The number of nitro benzene ring substituents is 1. The summed E-state index contributed by atoms with van der Waals surface area (Å²) < 4.78 is 5.30. The Morgan fingerprint density at radius 3 is 2.52 bits per heavy atom. The number of benzene rings is 2. The van der Waals surface area contributed by atoms with Gasteiger partial charge in [0.25, 0.3) is 11.6 Å². The van der Waals surface area contributed by atoms with Crippen LogP contribution in [0.3, 0.4) is 0 Å². The smallest absolute Gasteiger partial charge is 0.273 e. The zero-order valence-electron chi connectivity index (χ0n) is 15.7. The molecule has 8 nitrogen and oxygen atoms in total. The van der Waals surface area contributed by atoms with Gasteiger partial charge in [0.05, 0.1) is 17.7 Å². The zero-order valence-corrected chi connectivity index (χ0v) is 15.7. The van der Waals surface area contributed by atoms with E-state index in [0.29, 0.717) is 17.0 Å². The molecule has 148 valence electrons. The van der Waals surface area contributed by atoms with Crippen LogP contribution >= 0.6 is 0 Å². The summed E-state index contributed by atoms with van der Waals surface area (Å²) >= 11 is 0. The molecular weight excluding hydrogens is 374 g/mol. The SMILES string of the molecule is Cc1ccc(C(=O)N(CC(=O)Nc2ccccc2)Cc2ccco2)cc1[N+](=O)[O-]. The third-order valence-electron chi connectivity index (χ3n) is 4.26. The minimum Gasteiger partial charge on any atom is -0.467 e. The predicted molar refractivity (Wildman–Crippen MR) is 106 cm³/mol. The number of nitrogens with zero attached hydrogens (tertiary/aromatic N) is 2. The molecule has 0 aliphatic rings. The third-order valence-corrected chi connectivity index (χ3v) is 4.26. The van der Waals surface area contributed by atoms with Crippen LogP contribution in [0, 0.1) is 17.0 Å². The van der Waals surface area contributed by atoms with Crippen molar-refractivity contribution in [2.45, 2.75) is 13.5 Å². The number of carbonyl (C=O) groups excluding carboxylic acids is 2. The van der Waals surface area contributed by atoms with Crippen molar-refractivity contribution < 1.29 is 18.9 Å². The minimum absolute atomic E-state index is 0.0513. The van der Waals surface area contributed by atoms with Crippen molar-refractivity contribution in [2.75, 3.05) is 11.9 Å². The number of carbonyl (C=O) groups is 2. The van der Waals surface area contributed by atoms with Gasteiger partial charge in [-0.05, 0) is 37.3 Å². The molecule has 29 heavy (non-hydrogen) atoms. The van der Waals surface area contributed by atoms with Gasteiger partial charge in [0.2, 0.25) is 5.91 Å². The van der Waals surface area contributed by atoms with Crippen molar-refractivity contribution >= 4 is 23.2 Å². The van der Waals surface area contributed by atoms with Crippen molar-refractivity contribution in [3.8, 4) is 0 Å². The first-order chi connectivity index (χ1) is 13.9. The van der Waals surface area contributed by atoms with Crippen molar-refractivity contribution in [3.63, 3.8) is 0 Å². The molecule has 2 aromatic carbocycles. The van der Waals surface area contributed by atoms with Crippen LogP contribution in [-0.4, -0.2) is 28.2 Å². The van der Waals surface area contributed by atoms with Gasteiger partial charge in [0.15, 0.2) is 0 Å². The summed E-state index contributed by atoms with van der Waals surface area (Å²) in [5.74, 6) is -0.405. The molecule has 0 spiro atoms. The first kappa shape index (κ1) is 19.8. The molecule has 0 atom stereocenters. The largest absolute Gasteiger partial charge is 0.467 e. The fraction of sp³-hybridized carbons (Fsp3) is 0.143. The molecule has 1 heterocycles. The monoisotopic (exact) mass is 393 g/mol. The first-order valence-corrected chi connectivity index (χ1v) is 8.85. The van der Waals surface area contributed by atoms with E-state index in [1.807, 2.05) is 6.07 Å². The quantitative estimate of drug-likeness (QED) is 0.486. The first-order valence-electron chi connectivity index (χ1n) is 8.85. The highest BCUT2D eigenvalue weighted by molar-refractivity contribution is 5.99. The molecule has 3 aromatic rings. The molecule has 1 aromatic heterocycles. The second-order valence-electron chi connectivity index (χ2n) is 6.41. The van der Waals surface area contributed by atoms with Gasteiger partial charge < -0.3 is 14.6 Å². The van der Waals surface area contributed by atoms with Crippen LogP contribution in [0.15, 0.2) is 71.3 Å². The van der Waals surface area contributed by atoms with Crippen molar-refractivity contribution in [1.82, 2.24) is 4.90 Å². The second-order valence-corrected chi connectivity index (χ2v) is 6.41. The van der Waals surface area contributed by atoms with E-state index in [1.54, 1.807) is 43.3 Å². The lowest BCUT2D eigenvalue weighted by atomic mass is 10.1. The molecule has 8 heteroatoms. The average molecular weight is 393 g/mol. The molecule has 0 fully saturated rings. The van der Waals surface area contributed by atoms with Crippen molar-refractivity contribution in [2.24, 2.45) is 0 Å². The van der Waals surface area contributed by atoms with Gasteiger partial charge in [0.1, 0.15) is 12.3 Å². The molecule has 0 radical (unpaired) electrons. The molecule has 0 saturated heterocycles. The number of hydrogen-bond acceptors (Lipinski definition) is 5. The lowest BCUT2D eigenvalue weighted by Gasteiger charge is -2.21. The van der Waals surface area contributed by atoms with Gasteiger partial charge in [-0.3, -0.25) is 19.7 Å². The Bertz CT molecular complexity index is 1020. The number of furan rings is 1. The van der Waals surface area contributed by atoms with E-state index in [4.69, 9.17) is 4.42 Å². The zero-order chi connectivity index (χ0) is 20.8. The van der Waals surface area contributed by atoms with Gasteiger partial charge in [-0.25, -0.2) is 0 Å². The van der Waals surface area contributed by atoms with E-state index < -0.39 is 16.7 Å². The summed E-state index contributed by atoms with van der Waals surface area (Å²) in [6, 6.07) is 16.5. The van der Waals surface area contributed by atoms with E-state index >= 15 is 0 Å². The highest BCUT2D eigenvalue weighted by atomic mass is 16.6. The molecule has 3 rings (SSSR count). The number of nitrogens with one attached hydrogen (secondary N) is 1. The van der Waals surface area contributed by atoms with Crippen molar-refractivity contribution in [3.05, 3.63) is 93.9 Å². The van der Waals surface area contributed by atoms with Crippen LogP contribution < -0.4 is 5.32 Å². The number of aryl methyl sites for hydroxylation is 1. The molecule has 0 saturated carbocycles. The maximum absolute atomic E-state index is 13.0.